The normalized spacial score (nSPS) is 19.6. The molecule has 6 heteroatoms. The Balaban J connectivity index is 1.53. The number of rotatable bonds is 6. The largest absolute Gasteiger partial charge is 0.492 e. The molecule has 1 aliphatic rings. The molecule has 0 saturated carbocycles. The van der Waals surface area contributed by atoms with E-state index in [1.807, 2.05) is 30.3 Å². The second kappa shape index (κ2) is 8.09. The molecule has 0 spiro atoms. The zero-order valence-electron chi connectivity index (χ0n) is 14.1. The molecule has 1 saturated heterocycles. The molecule has 0 bridgehead atoms. The van der Waals surface area contributed by atoms with Gasteiger partial charge >= 0.3 is 0 Å². The minimum Gasteiger partial charge on any atom is -0.492 e. The van der Waals surface area contributed by atoms with E-state index in [1.54, 1.807) is 24.1 Å². The van der Waals surface area contributed by atoms with Crippen LogP contribution in [0.25, 0.3) is 0 Å². The highest BCUT2D eigenvalue weighted by Gasteiger charge is 2.35. The number of carbonyl (C=O) groups excluding carboxylic acids is 1. The number of hydrogen-bond donors (Lipinski definition) is 2. The molecule has 1 aliphatic heterocycles. The summed E-state index contributed by atoms with van der Waals surface area (Å²) >= 11 is 0. The second-order valence-electron chi connectivity index (χ2n) is 6.08. The number of halogens is 1. The predicted octanol–water partition coefficient (Wildman–Crippen LogP) is 2.13. The van der Waals surface area contributed by atoms with Crippen LogP contribution in [0.15, 0.2) is 54.6 Å². The van der Waals surface area contributed by atoms with Gasteiger partial charge in [-0.1, -0.05) is 30.3 Å². The van der Waals surface area contributed by atoms with Crippen LogP contribution >= 0.6 is 0 Å². The number of ether oxygens (including phenoxy) is 1. The van der Waals surface area contributed by atoms with E-state index in [0.29, 0.717) is 25.4 Å². The molecule has 2 aromatic carbocycles. The zero-order valence-corrected chi connectivity index (χ0v) is 14.1. The van der Waals surface area contributed by atoms with Crippen LogP contribution in [0.2, 0.25) is 0 Å². The lowest BCUT2D eigenvalue weighted by Crippen LogP contribution is -2.38. The van der Waals surface area contributed by atoms with Crippen LogP contribution in [0.1, 0.15) is 11.6 Å². The topological polar surface area (TPSA) is 53.6 Å². The van der Waals surface area contributed by atoms with E-state index in [2.05, 4.69) is 10.9 Å². The van der Waals surface area contributed by atoms with Gasteiger partial charge in [0.25, 0.3) is 0 Å². The predicted molar refractivity (Wildman–Crippen MR) is 93.3 cm³/mol. The molecule has 2 aromatic rings. The van der Waals surface area contributed by atoms with Crippen molar-refractivity contribution in [1.29, 1.82) is 0 Å². The molecule has 1 heterocycles. The Bertz CT molecular complexity index is 694. The molecular formula is C19H22FN3O2. The first-order chi connectivity index (χ1) is 12.1. The Morgan fingerprint density at radius 3 is 2.64 bits per heavy atom. The fraction of sp³-hybridized carbons (Fsp3) is 0.316. The highest BCUT2D eigenvalue weighted by atomic mass is 19.1. The highest BCUT2D eigenvalue weighted by Crippen LogP contribution is 2.26. The van der Waals surface area contributed by atoms with Gasteiger partial charge in [0.1, 0.15) is 18.2 Å². The van der Waals surface area contributed by atoms with Crippen molar-refractivity contribution in [3.63, 3.8) is 0 Å². The van der Waals surface area contributed by atoms with Gasteiger partial charge in [0, 0.05) is 13.6 Å². The van der Waals surface area contributed by atoms with E-state index in [4.69, 9.17) is 4.74 Å². The molecule has 2 N–H and O–H groups in total. The van der Waals surface area contributed by atoms with Crippen LogP contribution in [-0.4, -0.2) is 37.6 Å². The third-order valence-corrected chi connectivity index (χ3v) is 4.34. The van der Waals surface area contributed by atoms with Gasteiger partial charge in [0.05, 0.1) is 18.5 Å². The highest BCUT2D eigenvalue weighted by molar-refractivity contribution is 5.80. The summed E-state index contributed by atoms with van der Waals surface area (Å²) in [6.07, 6.45) is 0. The van der Waals surface area contributed by atoms with Crippen LogP contribution in [0.3, 0.4) is 0 Å². The number of hydrazine groups is 1. The third-order valence-electron chi connectivity index (χ3n) is 4.34. The monoisotopic (exact) mass is 343 g/mol. The number of nitrogens with zero attached hydrogens (tertiary/aromatic N) is 1. The summed E-state index contributed by atoms with van der Waals surface area (Å²) in [5.41, 5.74) is 7.35. The van der Waals surface area contributed by atoms with Crippen molar-refractivity contribution in [3.05, 3.63) is 66.0 Å². The standard InChI is InChI=1S/C19H22FN3O2/c1-23(11-12-25-16-9-7-15(20)8-10-16)19(24)17-13-21-22-18(17)14-5-3-2-4-6-14/h2-10,17-18,21-22H,11-13H2,1H3. The Morgan fingerprint density at radius 1 is 1.20 bits per heavy atom. The SMILES string of the molecule is CN(CCOc1ccc(F)cc1)C(=O)C1CNNC1c1ccccc1. The van der Waals surface area contributed by atoms with Gasteiger partial charge in [-0.2, -0.15) is 0 Å². The van der Waals surface area contributed by atoms with Gasteiger partial charge < -0.3 is 9.64 Å². The maximum atomic E-state index is 12.9. The average molecular weight is 343 g/mol. The van der Waals surface area contributed by atoms with Crippen LogP contribution < -0.4 is 15.6 Å². The summed E-state index contributed by atoms with van der Waals surface area (Å²) in [5.74, 6) is 0.189. The van der Waals surface area contributed by atoms with Crippen LogP contribution in [0.5, 0.6) is 5.75 Å². The van der Waals surface area contributed by atoms with Gasteiger partial charge in [-0.25, -0.2) is 9.82 Å². The van der Waals surface area contributed by atoms with Gasteiger partial charge in [-0.3, -0.25) is 10.2 Å². The Hall–Kier alpha value is -2.44. The van der Waals surface area contributed by atoms with Gasteiger partial charge in [0.2, 0.25) is 5.91 Å². The molecule has 2 unspecified atom stereocenters. The van der Waals surface area contributed by atoms with Crippen molar-refractivity contribution in [2.24, 2.45) is 5.92 Å². The molecule has 25 heavy (non-hydrogen) atoms. The van der Waals surface area contributed by atoms with Crippen molar-refractivity contribution < 1.29 is 13.9 Å². The quantitative estimate of drug-likeness (QED) is 0.844. The van der Waals surface area contributed by atoms with Gasteiger partial charge in [0.15, 0.2) is 0 Å². The maximum Gasteiger partial charge on any atom is 0.228 e. The van der Waals surface area contributed by atoms with Crippen molar-refractivity contribution in [3.8, 4) is 5.75 Å². The van der Waals surface area contributed by atoms with Crippen molar-refractivity contribution >= 4 is 5.91 Å². The van der Waals surface area contributed by atoms with Crippen LogP contribution in [0, 0.1) is 11.7 Å². The van der Waals surface area contributed by atoms with E-state index in [1.165, 1.54) is 12.1 Å². The van der Waals surface area contributed by atoms with Gasteiger partial charge in [-0.15, -0.1) is 0 Å². The first kappa shape index (κ1) is 17.4. The minimum atomic E-state index is -0.298. The molecule has 0 aromatic heterocycles. The molecule has 0 aliphatic carbocycles. The number of hydrogen-bond acceptors (Lipinski definition) is 4. The Kier molecular flexibility index (Phi) is 5.63. The van der Waals surface area contributed by atoms with E-state index in [0.717, 1.165) is 5.56 Å². The summed E-state index contributed by atoms with van der Waals surface area (Å²) in [6, 6.07) is 15.7. The second-order valence-corrected chi connectivity index (χ2v) is 6.08. The zero-order chi connectivity index (χ0) is 17.6. The lowest BCUT2D eigenvalue weighted by atomic mass is 9.94. The van der Waals surface area contributed by atoms with Crippen LogP contribution in [0.4, 0.5) is 4.39 Å². The first-order valence-corrected chi connectivity index (χ1v) is 8.32. The number of likely N-dealkylation sites (N-methyl/N-ethyl adjacent to an activating group) is 1. The molecule has 5 nitrogen and oxygen atoms in total. The number of carbonyl (C=O) groups is 1. The Labute approximate surface area is 146 Å². The minimum absolute atomic E-state index is 0.0471. The molecular weight excluding hydrogens is 321 g/mol. The van der Waals surface area contributed by atoms with Crippen LogP contribution in [-0.2, 0) is 4.79 Å². The summed E-state index contributed by atoms with van der Waals surface area (Å²) < 4.78 is 18.4. The van der Waals surface area contributed by atoms with E-state index >= 15 is 0 Å². The number of amides is 1. The van der Waals surface area contributed by atoms with E-state index in [9.17, 15) is 9.18 Å². The van der Waals surface area contributed by atoms with Crippen molar-refractivity contribution in [2.45, 2.75) is 6.04 Å². The third kappa shape index (κ3) is 4.35. The van der Waals surface area contributed by atoms with E-state index < -0.39 is 0 Å². The van der Waals surface area contributed by atoms with Crippen molar-refractivity contribution in [2.75, 3.05) is 26.7 Å². The fourth-order valence-corrected chi connectivity index (χ4v) is 2.93. The molecule has 3 rings (SSSR count). The maximum absolute atomic E-state index is 12.9. The lowest BCUT2D eigenvalue weighted by molar-refractivity contribution is -0.134. The fourth-order valence-electron chi connectivity index (χ4n) is 2.93. The lowest BCUT2D eigenvalue weighted by Gasteiger charge is -2.24. The first-order valence-electron chi connectivity index (χ1n) is 8.32. The van der Waals surface area contributed by atoms with E-state index in [-0.39, 0.29) is 23.7 Å². The van der Waals surface area contributed by atoms with Crippen molar-refractivity contribution in [1.82, 2.24) is 15.8 Å². The number of benzene rings is 2. The molecule has 0 radical (unpaired) electrons. The molecule has 132 valence electrons. The summed E-state index contributed by atoms with van der Waals surface area (Å²) in [7, 11) is 1.77. The molecule has 1 amide bonds. The van der Waals surface area contributed by atoms with Gasteiger partial charge in [-0.05, 0) is 29.8 Å². The Morgan fingerprint density at radius 2 is 1.92 bits per heavy atom. The average Bonchev–Trinajstić information content (AvgIpc) is 3.13. The molecule has 1 fully saturated rings. The molecule has 2 atom stereocenters. The summed E-state index contributed by atoms with van der Waals surface area (Å²) in [4.78, 5) is 14.4. The summed E-state index contributed by atoms with van der Waals surface area (Å²) in [5, 5.41) is 0. The smallest absolute Gasteiger partial charge is 0.228 e. The number of nitrogens with one attached hydrogen (secondary N) is 2. The summed E-state index contributed by atoms with van der Waals surface area (Å²) in [6.45, 7) is 1.41.